The fraction of sp³-hybridized carbons (Fsp3) is 0.882. The number of aliphatic hydroxyl groups is 1. The number of halogens is 1. The van der Waals surface area contributed by atoms with Gasteiger partial charge in [0, 0.05) is 6.42 Å². The van der Waals surface area contributed by atoms with E-state index in [4.69, 9.17) is 0 Å². The Morgan fingerprint density at radius 3 is 2.00 bits per heavy atom. The van der Waals surface area contributed by atoms with Crippen LogP contribution in [0.1, 0.15) is 64.2 Å². The smallest absolute Gasteiger partial charge is 0.150 e. The van der Waals surface area contributed by atoms with Gasteiger partial charge in [-0.1, -0.05) is 18.8 Å². The highest BCUT2D eigenvalue weighted by atomic mass is 19.1. The van der Waals surface area contributed by atoms with Crippen LogP contribution in [0.4, 0.5) is 4.39 Å². The standard InChI is InChI=1S/C17H27FO/c18-13-3-1-2-4-14-5-7-15(8-6-14)16-9-11-17(19)12-10-16/h14-17,19H,2,4-13H2. The van der Waals surface area contributed by atoms with E-state index in [1.54, 1.807) is 0 Å². The fourth-order valence-electron chi connectivity index (χ4n) is 3.93. The van der Waals surface area contributed by atoms with Gasteiger partial charge >= 0.3 is 0 Å². The lowest BCUT2D eigenvalue weighted by molar-refractivity contribution is 0.0766. The van der Waals surface area contributed by atoms with Gasteiger partial charge in [0.05, 0.1) is 6.10 Å². The van der Waals surface area contributed by atoms with Crippen LogP contribution in [0.15, 0.2) is 0 Å². The first-order valence-corrected chi connectivity index (χ1v) is 7.99. The molecule has 0 heterocycles. The summed E-state index contributed by atoms with van der Waals surface area (Å²) < 4.78 is 11.9. The Balaban J connectivity index is 1.65. The summed E-state index contributed by atoms with van der Waals surface area (Å²) in [5.74, 6) is 8.01. The first-order valence-electron chi connectivity index (χ1n) is 7.99. The molecule has 2 fully saturated rings. The van der Waals surface area contributed by atoms with Gasteiger partial charge < -0.3 is 5.11 Å². The number of hydrogen-bond acceptors (Lipinski definition) is 1. The number of rotatable bonds is 3. The highest BCUT2D eigenvalue weighted by Crippen LogP contribution is 2.40. The lowest BCUT2D eigenvalue weighted by Gasteiger charge is -2.36. The third-order valence-electron chi connectivity index (χ3n) is 5.17. The van der Waals surface area contributed by atoms with E-state index < -0.39 is 6.67 Å². The van der Waals surface area contributed by atoms with Gasteiger partial charge in [-0.05, 0) is 62.7 Å². The lowest BCUT2D eigenvalue weighted by Crippen LogP contribution is -2.27. The SMILES string of the molecule is OC1CCC(C2CCC(CCC#CCF)CC2)CC1. The fourth-order valence-corrected chi connectivity index (χ4v) is 3.93. The summed E-state index contributed by atoms with van der Waals surface area (Å²) in [6, 6.07) is 0. The third kappa shape index (κ3) is 4.80. The molecule has 0 aromatic heterocycles. The minimum atomic E-state index is -0.500. The summed E-state index contributed by atoms with van der Waals surface area (Å²) in [5, 5.41) is 9.57. The summed E-state index contributed by atoms with van der Waals surface area (Å²) in [5.41, 5.74) is 0. The van der Waals surface area contributed by atoms with Crippen LogP contribution in [0.3, 0.4) is 0 Å². The van der Waals surface area contributed by atoms with Crippen LogP contribution >= 0.6 is 0 Å². The molecule has 2 heteroatoms. The molecular weight excluding hydrogens is 239 g/mol. The average molecular weight is 266 g/mol. The van der Waals surface area contributed by atoms with E-state index in [1.165, 1.54) is 38.5 Å². The van der Waals surface area contributed by atoms with Crippen molar-refractivity contribution < 1.29 is 9.50 Å². The van der Waals surface area contributed by atoms with Crippen LogP contribution in [0.5, 0.6) is 0 Å². The molecule has 2 aliphatic carbocycles. The zero-order chi connectivity index (χ0) is 13.5. The Bertz CT molecular complexity index is 301. The van der Waals surface area contributed by atoms with Gasteiger partial charge in [-0.2, -0.15) is 0 Å². The highest BCUT2D eigenvalue weighted by molar-refractivity contribution is 4.99. The Kier molecular flexibility index (Phi) is 6.17. The third-order valence-corrected chi connectivity index (χ3v) is 5.17. The van der Waals surface area contributed by atoms with Crippen LogP contribution < -0.4 is 0 Å². The molecule has 0 bridgehead atoms. The number of hydrogen-bond donors (Lipinski definition) is 1. The van der Waals surface area contributed by atoms with Crippen molar-refractivity contribution >= 4 is 0 Å². The molecular formula is C17H27FO. The molecule has 0 amide bonds. The molecule has 1 nitrogen and oxygen atoms in total. The molecule has 0 aromatic carbocycles. The number of aliphatic hydroxyl groups excluding tert-OH is 1. The van der Waals surface area contributed by atoms with Gasteiger partial charge in [0.15, 0.2) is 0 Å². The molecule has 2 rings (SSSR count). The quantitative estimate of drug-likeness (QED) is 0.763. The maximum Gasteiger partial charge on any atom is 0.150 e. The molecule has 108 valence electrons. The Hall–Kier alpha value is -0.550. The molecule has 2 aliphatic rings. The van der Waals surface area contributed by atoms with Gasteiger partial charge in [0.25, 0.3) is 0 Å². The minimum Gasteiger partial charge on any atom is -0.393 e. The van der Waals surface area contributed by atoms with Crippen molar-refractivity contribution in [3.8, 4) is 11.8 Å². The largest absolute Gasteiger partial charge is 0.393 e. The first kappa shape index (κ1) is 14.9. The summed E-state index contributed by atoms with van der Waals surface area (Å²) in [6.07, 6.45) is 11.9. The Morgan fingerprint density at radius 2 is 1.42 bits per heavy atom. The maximum atomic E-state index is 11.9. The van der Waals surface area contributed by atoms with Crippen LogP contribution in [0.25, 0.3) is 0 Å². The van der Waals surface area contributed by atoms with Gasteiger partial charge in [0.2, 0.25) is 0 Å². The molecule has 0 atom stereocenters. The molecule has 0 aliphatic heterocycles. The summed E-state index contributed by atoms with van der Waals surface area (Å²) in [7, 11) is 0. The second-order valence-electron chi connectivity index (χ2n) is 6.38. The molecule has 0 spiro atoms. The van der Waals surface area contributed by atoms with Gasteiger partial charge in [-0.15, -0.1) is 5.92 Å². The molecule has 19 heavy (non-hydrogen) atoms. The monoisotopic (exact) mass is 266 g/mol. The number of alkyl halides is 1. The van der Waals surface area contributed by atoms with E-state index in [-0.39, 0.29) is 6.10 Å². The Labute approximate surface area is 117 Å². The van der Waals surface area contributed by atoms with Crippen molar-refractivity contribution in [1.82, 2.24) is 0 Å². The van der Waals surface area contributed by atoms with Gasteiger partial charge in [-0.25, -0.2) is 4.39 Å². The predicted molar refractivity (Wildman–Crippen MR) is 76.4 cm³/mol. The second kappa shape index (κ2) is 7.90. The zero-order valence-corrected chi connectivity index (χ0v) is 11.9. The summed E-state index contributed by atoms with van der Waals surface area (Å²) >= 11 is 0. The summed E-state index contributed by atoms with van der Waals surface area (Å²) in [6.45, 7) is -0.500. The maximum absolute atomic E-state index is 11.9. The molecule has 1 N–H and O–H groups in total. The normalized spacial score (nSPS) is 35.5. The van der Waals surface area contributed by atoms with Gasteiger partial charge in [-0.3, -0.25) is 0 Å². The zero-order valence-electron chi connectivity index (χ0n) is 11.9. The molecule has 0 unspecified atom stereocenters. The predicted octanol–water partition coefficient (Wildman–Crippen LogP) is 4.10. The average Bonchev–Trinajstić information content (AvgIpc) is 2.45. The van der Waals surface area contributed by atoms with E-state index >= 15 is 0 Å². The van der Waals surface area contributed by atoms with Crippen LogP contribution in [0, 0.1) is 29.6 Å². The van der Waals surface area contributed by atoms with E-state index in [0.29, 0.717) is 0 Å². The van der Waals surface area contributed by atoms with E-state index in [0.717, 1.165) is 43.4 Å². The van der Waals surface area contributed by atoms with E-state index in [2.05, 4.69) is 11.8 Å². The van der Waals surface area contributed by atoms with Crippen LogP contribution in [0.2, 0.25) is 0 Å². The van der Waals surface area contributed by atoms with Gasteiger partial charge in [0.1, 0.15) is 6.67 Å². The lowest BCUT2D eigenvalue weighted by atomic mass is 9.70. The van der Waals surface area contributed by atoms with Crippen molar-refractivity contribution in [1.29, 1.82) is 0 Å². The Morgan fingerprint density at radius 1 is 0.842 bits per heavy atom. The molecule has 2 saturated carbocycles. The van der Waals surface area contributed by atoms with Crippen LogP contribution in [-0.4, -0.2) is 17.9 Å². The highest BCUT2D eigenvalue weighted by Gasteiger charge is 2.30. The molecule has 0 radical (unpaired) electrons. The first-order chi connectivity index (χ1) is 9.29. The van der Waals surface area contributed by atoms with Crippen molar-refractivity contribution in [2.75, 3.05) is 6.67 Å². The topological polar surface area (TPSA) is 20.2 Å². The van der Waals surface area contributed by atoms with Crippen molar-refractivity contribution in [3.63, 3.8) is 0 Å². The molecule has 0 saturated heterocycles. The van der Waals surface area contributed by atoms with E-state index in [9.17, 15) is 9.50 Å². The second-order valence-corrected chi connectivity index (χ2v) is 6.38. The van der Waals surface area contributed by atoms with Crippen molar-refractivity contribution in [3.05, 3.63) is 0 Å². The van der Waals surface area contributed by atoms with E-state index in [1.807, 2.05) is 0 Å². The molecule has 0 aromatic rings. The minimum absolute atomic E-state index is 0.0262. The van der Waals surface area contributed by atoms with Crippen LogP contribution in [-0.2, 0) is 0 Å². The summed E-state index contributed by atoms with van der Waals surface area (Å²) in [4.78, 5) is 0. The van der Waals surface area contributed by atoms with Crippen molar-refractivity contribution in [2.24, 2.45) is 17.8 Å². The van der Waals surface area contributed by atoms with Crippen molar-refractivity contribution in [2.45, 2.75) is 70.3 Å².